The summed E-state index contributed by atoms with van der Waals surface area (Å²) in [6.45, 7) is 5.91. The molecule has 0 aliphatic carbocycles. The molecule has 0 aromatic heterocycles. The molecule has 0 spiro atoms. The third-order valence-corrected chi connectivity index (χ3v) is 4.19. The smallest absolute Gasteiger partial charge is 0.253 e. The van der Waals surface area contributed by atoms with Crippen molar-refractivity contribution in [3.05, 3.63) is 58.1 Å². The number of nitrogens with one attached hydrogen (secondary N) is 1. The van der Waals surface area contributed by atoms with Gasteiger partial charge in [-0.05, 0) is 72.6 Å². The summed E-state index contributed by atoms with van der Waals surface area (Å²) in [7, 11) is 1.58. The van der Waals surface area contributed by atoms with Crippen LogP contribution in [0.5, 0.6) is 11.5 Å². The van der Waals surface area contributed by atoms with Crippen LogP contribution in [0, 0.1) is 0 Å². The monoisotopic (exact) mass is 391 g/mol. The predicted octanol–water partition coefficient (Wildman–Crippen LogP) is 4.74. The molecular formula is C19H22BrNO3. The van der Waals surface area contributed by atoms with E-state index >= 15 is 0 Å². The molecule has 2 rings (SSSR count). The van der Waals surface area contributed by atoms with E-state index in [9.17, 15) is 4.79 Å². The number of hydrogen-bond donors (Lipinski definition) is 1. The Hall–Kier alpha value is -2.01. The maximum Gasteiger partial charge on any atom is 0.253 e. The van der Waals surface area contributed by atoms with Crippen LogP contribution in [0.1, 0.15) is 42.7 Å². The second-order valence-corrected chi connectivity index (χ2v) is 6.63. The van der Waals surface area contributed by atoms with Gasteiger partial charge in [0.25, 0.3) is 5.91 Å². The van der Waals surface area contributed by atoms with E-state index in [-0.39, 0.29) is 18.1 Å². The molecule has 2 aromatic rings. The fourth-order valence-corrected chi connectivity index (χ4v) is 2.72. The number of rotatable bonds is 6. The van der Waals surface area contributed by atoms with Gasteiger partial charge in [0, 0.05) is 4.47 Å². The van der Waals surface area contributed by atoms with Crippen molar-refractivity contribution in [2.45, 2.75) is 32.9 Å². The number of halogens is 1. The van der Waals surface area contributed by atoms with Gasteiger partial charge in [-0.2, -0.15) is 0 Å². The van der Waals surface area contributed by atoms with Gasteiger partial charge in [-0.3, -0.25) is 4.79 Å². The quantitative estimate of drug-likeness (QED) is 0.773. The van der Waals surface area contributed by atoms with Gasteiger partial charge in [-0.15, -0.1) is 0 Å². The number of hydrogen-bond acceptors (Lipinski definition) is 3. The molecule has 1 unspecified atom stereocenters. The topological polar surface area (TPSA) is 47.6 Å². The van der Waals surface area contributed by atoms with Gasteiger partial charge in [0.15, 0.2) is 0 Å². The molecule has 5 heteroatoms. The van der Waals surface area contributed by atoms with E-state index in [0.29, 0.717) is 11.3 Å². The second kappa shape index (κ2) is 8.20. The summed E-state index contributed by atoms with van der Waals surface area (Å²) < 4.78 is 11.6. The van der Waals surface area contributed by atoms with E-state index in [1.165, 1.54) is 0 Å². The fraction of sp³-hybridized carbons (Fsp3) is 0.316. The van der Waals surface area contributed by atoms with Gasteiger partial charge < -0.3 is 14.8 Å². The summed E-state index contributed by atoms with van der Waals surface area (Å²) in [6.07, 6.45) is 0.109. The molecule has 4 nitrogen and oxygen atoms in total. The Bertz CT molecular complexity index is 716. The molecule has 128 valence electrons. The van der Waals surface area contributed by atoms with Crippen LogP contribution in [0.3, 0.4) is 0 Å². The Morgan fingerprint density at radius 2 is 1.83 bits per heavy atom. The summed E-state index contributed by atoms with van der Waals surface area (Å²) >= 11 is 3.41. The van der Waals surface area contributed by atoms with Gasteiger partial charge in [0.1, 0.15) is 11.5 Å². The van der Waals surface area contributed by atoms with E-state index < -0.39 is 0 Å². The minimum absolute atomic E-state index is 0.109. The van der Waals surface area contributed by atoms with Crippen molar-refractivity contribution in [2.24, 2.45) is 0 Å². The molecular weight excluding hydrogens is 370 g/mol. The minimum Gasteiger partial charge on any atom is -0.497 e. The third kappa shape index (κ3) is 4.74. The molecule has 0 heterocycles. The van der Waals surface area contributed by atoms with Gasteiger partial charge in [-0.25, -0.2) is 0 Å². The van der Waals surface area contributed by atoms with Gasteiger partial charge >= 0.3 is 0 Å². The highest BCUT2D eigenvalue weighted by molar-refractivity contribution is 9.10. The van der Waals surface area contributed by atoms with E-state index in [4.69, 9.17) is 9.47 Å². The number of amides is 1. The van der Waals surface area contributed by atoms with Crippen molar-refractivity contribution >= 4 is 21.8 Å². The Kier molecular flexibility index (Phi) is 6.26. The summed E-state index contributed by atoms with van der Waals surface area (Å²) in [6, 6.07) is 12.9. The van der Waals surface area contributed by atoms with E-state index in [1.807, 2.05) is 45.0 Å². The molecule has 1 atom stereocenters. The Balaban J connectivity index is 2.14. The van der Waals surface area contributed by atoms with Crippen molar-refractivity contribution in [1.82, 2.24) is 5.32 Å². The average molecular weight is 392 g/mol. The van der Waals surface area contributed by atoms with Crippen molar-refractivity contribution in [3.63, 3.8) is 0 Å². The largest absolute Gasteiger partial charge is 0.497 e. The van der Waals surface area contributed by atoms with Gasteiger partial charge in [-0.1, -0.05) is 12.1 Å². The van der Waals surface area contributed by atoms with Crippen LogP contribution in [0.2, 0.25) is 0 Å². The Morgan fingerprint density at radius 3 is 2.50 bits per heavy atom. The zero-order valence-corrected chi connectivity index (χ0v) is 15.9. The molecule has 1 N–H and O–H groups in total. The first-order chi connectivity index (χ1) is 11.4. The highest BCUT2D eigenvalue weighted by Crippen LogP contribution is 2.24. The fourth-order valence-electron chi connectivity index (χ4n) is 2.29. The zero-order chi connectivity index (χ0) is 17.7. The van der Waals surface area contributed by atoms with Crippen LogP contribution < -0.4 is 14.8 Å². The van der Waals surface area contributed by atoms with E-state index in [0.717, 1.165) is 15.8 Å². The molecule has 0 saturated heterocycles. The summed E-state index contributed by atoms with van der Waals surface area (Å²) in [5.74, 6) is 1.28. The third-order valence-electron chi connectivity index (χ3n) is 3.50. The standard InChI is InChI=1S/C19H22BrNO3/c1-12(2)24-16-7-5-6-14(10-16)13(3)21-19(22)17-11-15(23-4)8-9-18(17)20/h5-13H,1-4H3,(H,21,22). The molecule has 0 aliphatic rings. The zero-order valence-electron chi connectivity index (χ0n) is 14.3. The normalized spacial score (nSPS) is 11.9. The van der Waals surface area contributed by atoms with Crippen LogP contribution in [0.25, 0.3) is 0 Å². The van der Waals surface area contributed by atoms with Gasteiger partial charge in [0.2, 0.25) is 0 Å². The maximum absolute atomic E-state index is 12.6. The molecule has 0 aliphatic heterocycles. The number of ether oxygens (including phenoxy) is 2. The molecule has 0 radical (unpaired) electrons. The minimum atomic E-state index is -0.163. The van der Waals surface area contributed by atoms with Crippen molar-refractivity contribution in [1.29, 1.82) is 0 Å². The Labute approximate surface area is 151 Å². The lowest BCUT2D eigenvalue weighted by Gasteiger charge is -2.17. The molecule has 1 amide bonds. The summed E-state index contributed by atoms with van der Waals surface area (Å²) in [5.41, 5.74) is 1.52. The number of benzene rings is 2. The van der Waals surface area contributed by atoms with Crippen LogP contribution in [-0.4, -0.2) is 19.1 Å². The van der Waals surface area contributed by atoms with Crippen molar-refractivity contribution in [2.75, 3.05) is 7.11 Å². The first-order valence-corrected chi connectivity index (χ1v) is 8.61. The van der Waals surface area contributed by atoms with Crippen LogP contribution in [-0.2, 0) is 0 Å². The lowest BCUT2D eigenvalue weighted by molar-refractivity contribution is 0.0938. The van der Waals surface area contributed by atoms with E-state index in [1.54, 1.807) is 25.3 Å². The lowest BCUT2D eigenvalue weighted by Crippen LogP contribution is -2.27. The van der Waals surface area contributed by atoms with Crippen LogP contribution in [0.4, 0.5) is 0 Å². The SMILES string of the molecule is COc1ccc(Br)c(C(=O)NC(C)c2cccc(OC(C)C)c2)c1. The first kappa shape index (κ1) is 18.3. The number of carbonyl (C=O) groups is 1. The molecule has 0 saturated carbocycles. The van der Waals surface area contributed by atoms with Gasteiger partial charge in [0.05, 0.1) is 24.8 Å². The summed E-state index contributed by atoms with van der Waals surface area (Å²) in [4.78, 5) is 12.6. The predicted molar refractivity (Wildman–Crippen MR) is 98.8 cm³/mol. The Morgan fingerprint density at radius 1 is 1.08 bits per heavy atom. The van der Waals surface area contributed by atoms with E-state index in [2.05, 4.69) is 21.2 Å². The average Bonchev–Trinajstić information content (AvgIpc) is 2.54. The highest BCUT2D eigenvalue weighted by atomic mass is 79.9. The van der Waals surface area contributed by atoms with Crippen LogP contribution >= 0.6 is 15.9 Å². The first-order valence-electron chi connectivity index (χ1n) is 7.81. The maximum atomic E-state index is 12.6. The van der Waals surface area contributed by atoms with Crippen molar-refractivity contribution < 1.29 is 14.3 Å². The highest BCUT2D eigenvalue weighted by Gasteiger charge is 2.15. The molecule has 2 aromatic carbocycles. The van der Waals surface area contributed by atoms with Crippen molar-refractivity contribution in [3.8, 4) is 11.5 Å². The summed E-state index contributed by atoms with van der Waals surface area (Å²) in [5, 5.41) is 3.01. The molecule has 0 bridgehead atoms. The lowest BCUT2D eigenvalue weighted by atomic mass is 10.1. The number of methoxy groups -OCH3 is 1. The molecule has 0 fully saturated rings. The van der Waals surface area contributed by atoms with Crippen LogP contribution in [0.15, 0.2) is 46.9 Å². The molecule has 24 heavy (non-hydrogen) atoms. The number of carbonyl (C=O) groups excluding carboxylic acids is 1. The second-order valence-electron chi connectivity index (χ2n) is 5.78.